The van der Waals surface area contributed by atoms with E-state index in [0.717, 1.165) is 16.5 Å². The predicted octanol–water partition coefficient (Wildman–Crippen LogP) is 1.66. The molecule has 0 fully saturated rings. The molecule has 0 aliphatic carbocycles. The van der Waals surface area contributed by atoms with Gasteiger partial charge >= 0.3 is 0 Å². The maximum Gasteiger partial charge on any atom is 0.267 e. The van der Waals surface area contributed by atoms with Crippen molar-refractivity contribution >= 4 is 22.6 Å². The van der Waals surface area contributed by atoms with E-state index in [1.807, 2.05) is 13.1 Å². The number of aromatic amines is 1. The van der Waals surface area contributed by atoms with Crippen LogP contribution in [-0.4, -0.2) is 32.1 Å². The minimum Gasteiger partial charge on any atom is -0.438 e. The molecule has 1 unspecified atom stereocenters. The number of fused-ring (bicyclic) bond motifs is 2. The van der Waals surface area contributed by atoms with Gasteiger partial charge < -0.3 is 15.5 Å². The van der Waals surface area contributed by atoms with Gasteiger partial charge in [-0.25, -0.2) is 9.97 Å². The van der Waals surface area contributed by atoms with Crippen molar-refractivity contribution in [1.82, 2.24) is 15.0 Å². The summed E-state index contributed by atoms with van der Waals surface area (Å²) in [5, 5.41) is 11.3. The first-order valence-corrected chi connectivity index (χ1v) is 7.42. The number of nitrogens with zero attached hydrogens (tertiary/aromatic N) is 3. The molecule has 1 aromatic carbocycles. The molecule has 1 atom stereocenters. The average molecular weight is 325 g/mol. The third-order valence-electron chi connectivity index (χ3n) is 4.09. The number of aryl methyl sites for hydroxylation is 1. The van der Waals surface area contributed by atoms with Gasteiger partial charge in [0.1, 0.15) is 17.7 Å². The lowest BCUT2D eigenvalue weighted by Gasteiger charge is -2.27. The molecule has 3 heterocycles. The van der Waals surface area contributed by atoms with Gasteiger partial charge in [-0.3, -0.25) is 10.0 Å². The number of ether oxygens (including phenoxy) is 1. The van der Waals surface area contributed by atoms with Crippen LogP contribution in [0.25, 0.3) is 11.0 Å². The number of hydrogen-bond acceptors (Lipinski definition) is 6. The molecular weight excluding hydrogens is 310 g/mol. The normalized spacial score (nSPS) is 17.2. The Morgan fingerprint density at radius 3 is 3.08 bits per heavy atom. The number of hydroxylamine groups is 1. The van der Waals surface area contributed by atoms with Crippen molar-refractivity contribution in [2.45, 2.75) is 19.4 Å². The minimum absolute atomic E-state index is 0.338. The molecule has 1 aliphatic rings. The molecule has 8 nitrogen and oxygen atoms in total. The van der Waals surface area contributed by atoms with Crippen LogP contribution in [0.5, 0.6) is 11.6 Å². The molecule has 122 valence electrons. The van der Waals surface area contributed by atoms with E-state index >= 15 is 0 Å². The van der Waals surface area contributed by atoms with Gasteiger partial charge in [0, 0.05) is 6.20 Å². The lowest BCUT2D eigenvalue weighted by molar-refractivity contribution is -0.125. The predicted molar refractivity (Wildman–Crippen MR) is 86.1 cm³/mol. The van der Waals surface area contributed by atoms with Crippen molar-refractivity contribution in [2.75, 3.05) is 5.06 Å². The summed E-state index contributed by atoms with van der Waals surface area (Å²) in [6, 6.07) is 4.27. The first-order valence-electron chi connectivity index (χ1n) is 7.42. The Kier molecular flexibility index (Phi) is 3.22. The highest BCUT2D eigenvalue weighted by atomic mass is 16.5. The van der Waals surface area contributed by atoms with Gasteiger partial charge in [-0.15, -0.1) is 0 Å². The molecule has 0 saturated heterocycles. The van der Waals surface area contributed by atoms with Gasteiger partial charge in [0.05, 0.1) is 17.1 Å². The summed E-state index contributed by atoms with van der Waals surface area (Å²) in [6.07, 6.45) is 3.61. The van der Waals surface area contributed by atoms with Gasteiger partial charge in [-0.05, 0) is 42.7 Å². The third-order valence-corrected chi connectivity index (χ3v) is 4.09. The Morgan fingerprint density at radius 1 is 1.42 bits per heavy atom. The number of nitrogens with one attached hydrogen (secondary N) is 1. The Morgan fingerprint density at radius 2 is 2.25 bits per heavy atom. The Bertz CT molecular complexity index is 952. The number of hydrogen-bond donors (Lipinski definition) is 3. The lowest BCUT2D eigenvalue weighted by atomic mass is 9.99. The fraction of sp³-hybridized carbons (Fsp3) is 0.188. The van der Waals surface area contributed by atoms with Crippen molar-refractivity contribution < 1.29 is 14.7 Å². The summed E-state index contributed by atoms with van der Waals surface area (Å²) in [6.45, 7) is 1.94. The van der Waals surface area contributed by atoms with E-state index in [4.69, 9.17) is 10.5 Å². The molecule has 0 spiro atoms. The van der Waals surface area contributed by atoms with Crippen molar-refractivity contribution in [3.8, 4) is 11.6 Å². The fourth-order valence-corrected chi connectivity index (χ4v) is 2.87. The smallest absolute Gasteiger partial charge is 0.267 e. The largest absolute Gasteiger partial charge is 0.438 e. The molecule has 0 saturated carbocycles. The number of anilines is 1. The van der Waals surface area contributed by atoms with Gasteiger partial charge in [-0.2, -0.15) is 5.06 Å². The maximum absolute atomic E-state index is 11.7. The molecule has 4 rings (SSSR count). The summed E-state index contributed by atoms with van der Waals surface area (Å²) in [5.74, 6) is 0.469. The van der Waals surface area contributed by atoms with Crippen LogP contribution in [0.15, 0.2) is 30.7 Å². The molecule has 8 heteroatoms. The fourth-order valence-electron chi connectivity index (χ4n) is 2.87. The summed E-state index contributed by atoms with van der Waals surface area (Å²) in [7, 11) is 0. The van der Waals surface area contributed by atoms with E-state index in [0.29, 0.717) is 34.4 Å². The number of amides is 1. The average Bonchev–Trinajstić information content (AvgIpc) is 2.95. The second-order valence-corrected chi connectivity index (χ2v) is 5.73. The van der Waals surface area contributed by atoms with Gasteiger partial charge in [0.2, 0.25) is 5.88 Å². The minimum atomic E-state index is -0.768. The molecule has 0 bridgehead atoms. The number of H-pyrrole nitrogens is 1. The van der Waals surface area contributed by atoms with Crippen LogP contribution in [0, 0.1) is 6.92 Å². The van der Waals surface area contributed by atoms with E-state index in [1.54, 1.807) is 18.2 Å². The summed E-state index contributed by atoms with van der Waals surface area (Å²) >= 11 is 0. The maximum atomic E-state index is 11.7. The highest BCUT2D eigenvalue weighted by Crippen LogP contribution is 2.33. The second-order valence-electron chi connectivity index (χ2n) is 5.73. The van der Waals surface area contributed by atoms with E-state index < -0.39 is 11.9 Å². The van der Waals surface area contributed by atoms with Crippen LogP contribution in [0.2, 0.25) is 0 Å². The Labute approximate surface area is 136 Å². The van der Waals surface area contributed by atoms with Crippen LogP contribution < -0.4 is 15.5 Å². The monoisotopic (exact) mass is 325 g/mol. The first kappa shape index (κ1) is 14.6. The van der Waals surface area contributed by atoms with Crippen molar-refractivity contribution in [1.29, 1.82) is 0 Å². The zero-order valence-electron chi connectivity index (χ0n) is 12.9. The number of nitrogens with two attached hydrogens (primary N) is 1. The Hall–Kier alpha value is -2.97. The van der Waals surface area contributed by atoms with Crippen LogP contribution in [0.1, 0.15) is 11.1 Å². The number of rotatable bonds is 2. The standard InChI is InChI=1S/C16H15N5O3/c1-8-6-18-14-13(8)15(20-7-19-14)24-10-2-3-12-9(4-10)5-11(17)16(22)21(12)23/h2-4,6-7,11,23H,5,17H2,1H3,(H,18,19,20). The van der Waals surface area contributed by atoms with Crippen LogP contribution >= 0.6 is 0 Å². The lowest BCUT2D eigenvalue weighted by Crippen LogP contribution is -2.47. The first-order chi connectivity index (χ1) is 11.5. The number of aromatic nitrogens is 3. The Balaban J connectivity index is 1.72. The summed E-state index contributed by atoms with van der Waals surface area (Å²) in [4.78, 5) is 23.1. The molecule has 3 aromatic rings. The molecule has 1 aliphatic heterocycles. The molecule has 1 amide bonds. The number of carbonyl (C=O) groups is 1. The van der Waals surface area contributed by atoms with E-state index in [9.17, 15) is 10.0 Å². The van der Waals surface area contributed by atoms with Crippen LogP contribution in [0.4, 0.5) is 5.69 Å². The second kappa shape index (κ2) is 5.29. The SMILES string of the molecule is Cc1c[nH]c2ncnc(Oc3ccc4c(c3)CC(N)C(=O)N4O)c12. The van der Waals surface area contributed by atoms with Crippen molar-refractivity contribution in [2.24, 2.45) is 5.73 Å². The van der Waals surface area contributed by atoms with Crippen molar-refractivity contribution in [3.05, 3.63) is 41.9 Å². The molecule has 0 radical (unpaired) electrons. The third kappa shape index (κ3) is 2.20. The molecule has 2 aromatic heterocycles. The van der Waals surface area contributed by atoms with E-state index in [2.05, 4.69) is 15.0 Å². The summed E-state index contributed by atoms with van der Waals surface area (Å²) < 4.78 is 5.90. The molecular formula is C16H15N5O3. The zero-order chi connectivity index (χ0) is 16.8. The number of benzene rings is 1. The quantitative estimate of drug-likeness (QED) is 0.617. The van der Waals surface area contributed by atoms with Crippen LogP contribution in [-0.2, 0) is 11.2 Å². The molecule has 24 heavy (non-hydrogen) atoms. The van der Waals surface area contributed by atoms with Crippen molar-refractivity contribution in [3.63, 3.8) is 0 Å². The van der Waals surface area contributed by atoms with Crippen LogP contribution in [0.3, 0.4) is 0 Å². The zero-order valence-corrected chi connectivity index (χ0v) is 12.9. The summed E-state index contributed by atoms with van der Waals surface area (Å²) in [5.41, 5.74) is 8.58. The molecule has 4 N–H and O–H groups in total. The highest BCUT2D eigenvalue weighted by Gasteiger charge is 2.30. The highest BCUT2D eigenvalue weighted by molar-refractivity contribution is 5.98. The van der Waals surface area contributed by atoms with Gasteiger partial charge in [0.25, 0.3) is 5.91 Å². The number of carbonyl (C=O) groups excluding carboxylic acids is 1. The van der Waals surface area contributed by atoms with E-state index in [1.165, 1.54) is 6.33 Å². The topological polar surface area (TPSA) is 117 Å². The van der Waals surface area contributed by atoms with Gasteiger partial charge in [0.15, 0.2) is 0 Å². The van der Waals surface area contributed by atoms with E-state index in [-0.39, 0.29) is 0 Å². The van der Waals surface area contributed by atoms with Gasteiger partial charge in [-0.1, -0.05) is 0 Å².